The number of carbonyl (C=O) groups excluding carboxylic acids is 1. The molecule has 0 amide bonds. The van der Waals surface area contributed by atoms with Crippen LogP contribution in [0.25, 0.3) is 17.0 Å². The number of nitrogens with one attached hydrogen (secondary N) is 1. The number of rotatable bonds is 6. The molecule has 4 rings (SSSR count). The van der Waals surface area contributed by atoms with Gasteiger partial charge in [-0.3, -0.25) is 9.29 Å². The average Bonchev–Trinajstić information content (AvgIpc) is 3.15. The lowest BCUT2D eigenvalue weighted by atomic mass is 9.80. The monoisotopic (exact) mass is 434 g/mol. The number of aromatic amines is 1. The Hall–Kier alpha value is -2.92. The van der Waals surface area contributed by atoms with Gasteiger partial charge < -0.3 is 9.72 Å². The van der Waals surface area contributed by atoms with Crippen molar-refractivity contribution in [1.82, 2.24) is 9.88 Å². The van der Waals surface area contributed by atoms with Crippen LogP contribution in [-0.4, -0.2) is 41.7 Å². The number of esters is 1. The molecule has 0 saturated heterocycles. The first kappa shape index (κ1) is 22.3. The van der Waals surface area contributed by atoms with Crippen LogP contribution in [0.15, 0.2) is 54.6 Å². The molecule has 1 aromatic heterocycles. The SMILES string of the molecule is COC(=O)/C=C/c1ccc(C2c3[nH]c4ccccc4c3CC(C)(C)N2C[C@H](C)CF)cc1. The minimum Gasteiger partial charge on any atom is -0.466 e. The normalized spacial score (nSPS) is 19.2. The summed E-state index contributed by atoms with van der Waals surface area (Å²) in [6.07, 6.45) is 4.07. The van der Waals surface area contributed by atoms with Gasteiger partial charge in [0.25, 0.3) is 0 Å². The summed E-state index contributed by atoms with van der Waals surface area (Å²) < 4.78 is 18.2. The number of methoxy groups -OCH3 is 1. The first-order chi connectivity index (χ1) is 15.3. The van der Waals surface area contributed by atoms with E-state index in [9.17, 15) is 9.18 Å². The van der Waals surface area contributed by atoms with Crippen molar-refractivity contribution in [3.63, 3.8) is 0 Å². The van der Waals surface area contributed by atoms with Gasteiger partial charge in [-0.2, -0.15) is 0 Å². The minimum absolute atomic E-state index is 0.00575. The summed E-state index contributed by atoms with van der Waals surface area (Å²) in [6.45, 7) is 6.81. The maximum Gasteiger partial charge on any atom is 0.330 e. The van der Waals surface area contributed by atoms with E-state index >= 15 is 0 Å². The van der Waals surface area contributed by atoms with Crippen molar-refractivity contribution < 1.29 is 13.9 Å². The van der Waals surface area contributed by atoms with Gasteiger partial charge in [-0.15, -0.1) is 0 Å². The maximum atomic E-state index is 13.5. The molecule has 4 nitrogen and oxygen atoms in total. The van der Waals surface area contributed by atoms with Crippen LogP contribution in [0.2, 0.25) is 0 Å². The molecule has 2 heterocycles. The fourth-order valence-electron chi connectivity index (χ4n) is 4.79. The fraction of sp³-hybridized carbons (Fsp3) is 0.370. The molecule has 0 saturated carbocycles. The van der Waals surface area contributed by atoms with E-state index in [0.29, 0.717) is 6.54 Å². The Morgan fingerprint density at radius 2 is 1.97 bits per heavy atom. The maximum absolute atomic E-state index is 13.5. The molecule has 168 valence electrons. The molecule has 32 heavy (non-hydrogen) atoms. The molecule has 1 aliphatic heterocycles. The molecule has 2 aromatic carbocycles. The quantitative estimate of drug-likeness (QED) is 0.401. The summed E-state index contributed by atoms with van der Waals surface area (Å²) in [5.41, 5.74) is 5.61. The van der Waals surface area contributed by atoms with Crippen molar-refractivity contribution >= 4 is 22.9 Å². The molecule has 0 aliphatic carbocycles. The lowest BCUT2D eigenvalue weighted by molar-refractivity contribution is -0.134. The first-order valence-electron chi connectivity index (χ1n) is 11.1. The number of halogens is 1. The summed E-state index contributed by atoms with van der Waals surface area (Å²) >= 11 is 0. The fourth-order valence-corrected chi connectivity index (χ4v) is 4.79. The molecular formula is C27H31FN2O2. The predicted molar refractivity (Wildman–Crippen MR) is 127 cm³/mol. The van der Waals surface area contributed by atoms with Gasteiger partial charge in [-0.25, -0.2) is 4.79 Å². The van der Waals surface area contributed by atoms with Gasteiger partial charge in [0.15, 0.2) is 0 Å². The Morgan fingerprint density at radius 3 is 2.66 bits per heavy atom. The van der Waals surface area contributed by atoms with Crippen LogP contribution >= 0.6 is 0 Å². The molecule has 2 atom stereocenters. The Bertz CT molecular complexity index is 1130. The third-order valence-electron chi connectivity index (χ3n) is 6.46. The topological polar surface area (TPSA) is 45.3 Å². The smallest absolute Gasteiger partial charge is 0.330 e. The van der Waals surface area contributed by atoms with Crippen LogP contribution in [0.5, 0.6) is 0 Å². The van der Waals surface area contributed by atoms with Crippen molar-refractivity contribution in [2.45, 2.75) is 38.8 Å². The number of alkyl halides is 1. The Kier molecular flexibility index (Phi) is 6.20. The molecule has 0 radical (unpaired) electrons. The van der Waals surface area contributed by atoms with Crippen molar-refractivity contribution in [1.29, 1.82) is 0 Å². The van der Waals surface area contributed by atoms with E-state index in [1.54, 1.807) is 6.08 Å². The molecule has 0 bridgehead atoms. The van der Waals surface area contributed by atoms with E-state index in [0.717, 1.165) is 23.1 Å². The van der Waals surface area contributed by atoms with Crippen LogP contribution in [0.4, 0.5) is 4.39 Å². The largest absolute Gasteiger partial charge is 0.466 e. The Labute approximate surface area is 189 Å². The first-order valence-corrected chi connectivity index (χ1v) is 11.1. The third kappa shape index (κ3) is 4.22. The highest BCUT2D eigenvalue weighted by molar-refractivity contribution is 5.87. The highest BCUT2D eigenvalue weighted by Crippen LogP contribution is 2.45. The highest BCUT2D eigenvalue weighted by atomic mass is 19.1. The number of hydrogen-bond acceptors (Lipinski definition) is 3. The van der Waals surface area contributed by atoms with Gasteiger partial charge >= 0.3 is 5.97 Å². The summed E-state index contributed by atoms with van der Waals surface area (Å²) in [5, 5.41) is 1.26. The van der Waals surface area contributed by atoms with E-state index in [4.69, 9.17) is 0 Å². The zero-order valence-electron chi connectivity index (χ0n) is 19.2. The molecule has 5 heteroatoms. The van der Waals surface area contributed by atoms with Crippen LogP contribution in [-0.2, 0) is 16.0 Å². The second-order valence-electron chi connectivity index (χ2n) is 9.39. The molecule has 0 fully saturated rings. The standard InChI is InChI=1S/C27H31FN2O2/c1-18(16-28)17-30-26(20-12-9-19(10-13-20)11-14-24(31)32-4)25-22(15-27(30,2)3)21-7-5-6-8-23(21)29-25/h5-14,18,26,29H,15-17H2,1-4H3/b14-11+/t18-,26?/m1/s1. The third-order valence-corrected chi connectivity index (χ3v) is 6.46. The van der Waals surface area contributed by atoms with Crippen LogP contribution in [0.1, 0.15) is 49.2 Å². The zero-order chi connectivity index (χ0) is 22.9. The predicted octanol–water partition coefficient (Wildman–Crippen LogP) is 5.69. The number of nitrogens with zero attached hydrogens (tertiary/aromatic N) is 1. The van der Waals surface area contributed by atoms with Gasteiger partial charge in [0.2, 0.25) is 0 Å². The highest BCUT2D eigenvalue weighted by Gasteiger charge is 2.42. The Balaban J connectivity index is 1.80. The molecule has 1 aliphatic rings. The molecule has 0 spiro atoms. The van der Waals surface area contributed by atoms with E-state index in [1.165, 1.54) is 29.8 Å². The summed E-state index contributed by atoms with van der Waals surface area (Å²) in [5.74, 6) is -0.429. The van der Waals surface area contributed by atoms with Gasteiger partial charge in [0, 0.05) is 34.8 Å². The average molecular weight is 435 g/mol. The van der Waals surface area contributed by atoms with E-state index in [-0.39, 0.29) is 30.1 Å². The van der Waals surface area contributed by atoms with Gasteiger partial charge in [-0.05, 0) is 55.0 Å². The van der Waals surface area contributed by atoms with Gasteiger partial charge in [0.05, 0.1) is 19.8 Å². The number of para-hydroxylation sites is 1. The number of aromatic nitrogens is 1. The van der Waals surface area contributed by atoms with Crippen molar-refractivity contribution in [3.8, 4) is 0 Å². The van der Waals surface area contributed by atoms with Gasteiger partial charge in [0.1, 0.15) is 0 Å². The van der Waals surface area contributed by atoms with E-state index in [2.05, 4.69) is 64.9 Å². The van der Waals surface area contributed by atoms with Crippen molar-refractivity contribution in [2.75, 3.05) is 20.3 Å². The second kappa shape index (κ2) is 8.91. The Morgan fingerprint density at radius 1 is 1.25 bits per heavy atom. The number of H-pyrrole nitrogens is 1. The van der Waals surface area contributed by atoms with Crippen molar-refractivity contribution in [2.24, 2.45) is 5.92 Å². The summed E-state index contributed by atoms with van der Waals surface area (Å²) in [7, 11) is 1.37. The lowest BCUT2D eigenvalue weighted by Crippen LogP contribution is -2.53. The number of benzene rings is 2. The molecular weight excluding hydrogens is 403 g/mol. The molecule has 1 unspecified atom stereocenters. The molecule has 1 N–H and O–H groups in total. The van der Waals surface area contributed by atoms with Crippen LogP contribution in [0.3, 0.4) is 0 Å². The van der Waals surface area contributed by atoms with Gasteiger partial charge in [-0.1, -0.05) is 49.4 Å². The second-order valence-corrected chi connectivity index (χ2v) is 9.39. The van der Waals surface area contributed by atoms with E-state index < -0.39 is 0 Å². The number of ether oxygens (including phenoxy) is 1. The lowest BCUT2D eigenvalue weighted by Gasteiger charge is -2.48. The number of hydrogen-bond donors (Lipinski definition) is 1. The summed E-state index contributed by atoms with van der Waals surface area (Å²) in [4.78, 5) is 17.5. The zero-order valence-corrected chi connectivity index (χ0v) is 19.2. The van der Waals surface area contributed by atoms with Crippen molar-refractivity contribution in [3.05, 3.63) is 77.0 Å². The molecule has 3 aromatic rings. The summed E-state index contributed by atoms with van der Waals surface area (Å²) in [6, 6.07) is 16.6. The van der Waals surface area contributed by atoms with Crippen LogP contribution < -0.4 is 0 Å². The van der Waals surface area contributed by atoms with E-state index in [1.807, 2.05) is 19.1 Å². The number of carbonyl (C=O) groups is 1. The number of fused-ring (bicyclic) bond motifs is 3. The minimum atomic E-state index is -0.378. The van der Waals surface area contributed by atoms with Crippen LogP contribution in [0, 0.1) is 5.92 Å².